The number of rotatable bonds is 9. The van der Waals surface area contributed by atoms with Gasteiger partial charge in [-0.15, -0.1) is 0 Å². The molecule has 0 spiro atoms. The first-order valence-corrected chi connectivity index (χ1v) is 11.1. The van der Waals surface area contributed by atoms with Crippen LogP contribution in [0.4, 0.5) is 5.82 Å². The fourth-order valence-electron chi connectivity index (χ4n) is 3.65. The molecule has 0 saturated heterocycles. The number of anilines is 1. The van der Waals surface area contributed by atoms with Crippen molar-refractivity contribution in [3.63, 3.8) is 0 Å². The molecule has 32 heavy (non-hydrogen) atoms. The molecule has 4 nitrogen and oxygen atoms in total. The molecule has 4 heteroatoms. The summed E-state index contributed by atoms with van der Waals surface area (Å²) >= 11 is 0. The first kappa shape index (κ1) is 23.1. The van der Waals surface area contributed by atoms with Crippen molar-refractivity contribution < 1.29 is 0 Å². The summed E-state index contributed by atoms with van der Waals surface area (Å²) in [6, 6.07) is 15.6. The Labute approximate surface area is 192 Å². The van der Waals surface area contributed by atoms with Gasteiger partial charge in [-0.25, -0.2) is 4.98 Å². The minimum atomic E-state index is 0.485. The van der Waals surface area contributed by atoms with Crippen molar-refractivity contribution in [1.29, 1.82) is 0 Å². The van der Waals surface area contributed by atoms with Gasteiger partial charge in [-0.1, -0.05) is 50.3 Å². The van der Waals surface area contributed by atoms with E-state index in [2.05, 4.69) is 66.3 Å². The summed E-state index contributed by atoms with van der Waals surface area (Å²) in [4.78, 5) is 11.0. The zero-order valence-electron chi connectivity index (χ0n) is 19.3. The Kier molecular flexibility index (Phi) is 8.05. The molecule has 164 valence electrons. The first-order valence-electron chi connectivity index (χ1n) is 11.1. The maximum absolute atomic E-state index is 5.49. The Hall–Kier alpha value is -3.58. The maximum Gasteiger partial charge on any atom is 0.134 e. The Balaban J connectivity index is 2.04. The highest BCUT2D eigenvalue weighted by atomic mass is 15.0. The van der Waals surface area contributed by atoms with E-state index >= 15 is 0 Å². The van der Waals surface area contributed by atoms with Crippen molar-refractivity contribution in [1.82, 2.24) is 9.88 Å². The first-order chi connectivity index (χ1) is 15.6. The Morgan fingerprint density at radius 2 is 2.12 bits per heavy atom. The second-order valence-electron chi connectivity index (χ2n) is 7.93. The molecule has 1 saturated carbocycles. The van der Waals surface area contributed by atoms with Crippen LogP contribution in [0, 0.1) is 12.5 Å². The second-order valence-corrected chi connectivity index (χ2v) is 7.93. The third-order valence-corrected chi connectivity index (χ3v) is 5.59. The molecule has 0 unspecified atom stereocenters. The quantitative estimate of drug-likeness (QED) is 0.224. The van der Waals surface area contributed by atoms with Gasteiger partial charge in [0.05, 0.1) is 5.69 Å². The molecule has 1 aliphatic rings. The number of benzene rings is 1. The van der Waals surface area contributed by atoms with E-state index in [0.717, 1.165) is 45.8 Å². The highest BCUT2D eigenvalue weighted by Crippen LogP contribution is 2.31. The third-order valence-electron chi connectivity index (χ3n) is 5.59. The van der Waals surface area contributed by atoms with Crippen LogP contribution in [-0.2, 0) is 0 Å². The number of aliphatic imine (C=N–C) groups is 1. The number of aromatic nitrogens is 1. The summed E-state index contributed by atoms with van der Waals surface area (Å²) in [6.07, 6.45) is 17.9. The Morgan fingerprint density at radius 3 is 2.75 bits per heavy atom. The van der Waals surface area contributed by atoms with Crippen LogP contribution in [0.3, 0.4) is 0 Å². The van der Waals surface area contributed by atoms with Crippen molar-refractivity contribution >= 4 is 23.2 Å². The summed E-state index contributed by atoms with van der Waals surface area (Å²) in [6.45, 7) is 6.08. The van der Waals surface area contributed by atoms with Crippen LogP contribution in [0.25, 0.3) is 22.4 Å². The van der Waals surface area contributed by atoms with Crippen LogP contribution < -0.4 is 5.32 Å². The van der Waals surface area contributed by atoms with Gasteiger partial charge in [-0.05, 0) is 60.6 Å². The average Bonchev–Trinajstić information content (AvgIpc) is 2.79. The van der Waals surface area contributed by atoms with Crippen molar-refractivity contribution in [2.75, 3.05) is 19.4 Å². The minimum Gasteiger partial charge on any atom is -0.367 e. The van der Waals surface area contributed by atoms with Crippen LogP contribution in [0.15, 0.2) is 66.3 Å². The minimum absolute atomic E-state index is 0.485. The molecule has 0 atom stereocenters. The lowest BCUT2D eigenvalue weighted by Crippen LogP contribution is -2.28. The molecule has 1 aromatic heterocycles. The summed E-state index contributed by atoms with van der Waals surface area (Å²) in [5.41, 5.74) is 6.17. The zero-order chi connectivity index (χ0) is 22.9. The fourth-order valence-corrected chi connectivity index (χ4v) is 3.65. The molecule has 0 aliphatic heterocycles. The average molecular weight is 425 g/mol. The molecular weight excluding hydrogens is 392 g/mol. The van der Waals surface area contributed by atoms with Crippen LogP contribution in [-0.4, -0.2) is 36.2 Å². The lowest BCUT2D eigenvalue weighted by Gasteiger charge is -2.28. The second kappa shape index (κ2) is 11.2. The number of terminal acetylenes is 1. The molecule has 0 radical (unpaired) electrons. The van der Waals surface area contributed by atoms with Gasteiger partial charge in [0.25, 0.3) is 0 Å². The van der Waals surface area contributed by atoms with Crippen LogP contribution in [0.2, 0.25) is 0 Å². The lowest BCUT2D eigenvalue weighted by atomic mass is 9.92. The zero-order valence-corrected chi connectivity index (χ0v) is 19.3. The molecule has 3 rings (SSSR count). The van der Waals surface area contributed by atoms with Crippen molar-refractivity contribution in [2.45, 2.75) is 38.6 Å². The number of hydrogen-bond acceptors (Lipinski definition) is 4. The number of nitrogens with one attached hydrogen (secondary N) is 1. The molecular formula is C28H32N4. The molecule has 1 N–H and O–H groups in total. The SMILES string of the molecule is C#CN(C)/C=C(\C=C)c1cccc(-c2ccc(C(/C=N\C)=C/CC)c(NC3CCC3)n2)c1. The van der Waals surface area contributed by atoms with Crippen LogP contribution in [0.5, 0.6) is 0 Å². The van der Waals surface area contributed by atoms with Crippen LogP contribution in [0.1, 0.15) is 43.7 Å². The number of pyridine rings is 1. The van der Waals surface area contributed by atoms with Gasteiger partial charge in [0.2, 0.25) is 0 Å². The van der Waals surface area contributed by atoms with Gasteiger partial charge in [0, 0.05) is 49.7 Å². The molecule has 1 aromatic carbocycles. The monoisotopic (exact) mass is 424 g/mol. The molecule has 0 amide bonds. The van der Waals surface area contributed by atoms with E-state index in [1.54, 1.807) is 11.9 Å². The summed E-state index contributed by atoms with van der Waals surface area (Å²) < 4.78 is 0. The molecule has 1 aliphatic carbocycles. The molecule has 1 heterocycles. The fraction of sp³-hybridized carbons (Fsp3) is 0.286. The number of allylic oxidation sites excluding steroid dienone is 4. The highest BCUT2D eigenvalue weighted by Gasteiger charge is 2.20. The van der Waals surface area contributed by atoms with E-state index in [9.17, 15) is 0 Å². The number of hydrogen-bond donors (Lipinski definition) is 1. The van der Waals surface area contributed by atoms with Crippen LogP contribution >= 0.6 is 0 Å². The van der Waals surface area contributed by atoms with Crippen molar-refractivity contribution in [3.8, 4) is 23.7 Å². The topological polar surface area (TPSA) is 40.5 Å². The predicted molar refractivity (Wildman–Crippen MR) is 138 cm³/mol. The van der Waals surface area contributed by atoms with Gasteiger partial charge < -0.3 is 10.2 Å². The summed E-state index contributed by atoms with van der Waals surface area (Å²) in [5.74, 6) is 0.920. The third kappa shape index (κ3) is 5.56. The van der Waals surface area contributed by atoms with Gasteiger partial charge in [-0.2, -0.15) is 0 Å². The van der Waals surface area contributed by atoms with E-state index in [4.69, 9.17) is 11.4 Å². The van der Waals surface area contributed by atoms with Gasteiger partial charge in [0.15, 0.2) is 0 Å². The van der Waals surface area contributed by atoms with Gasteiger partial charge in [-0.3, -0.25) is 4.99 Å². The molecule has 1 fully saturated rings. The largest absolute Gasteiger partial charge is 0.367 e. The van der Waals surface area contributed by atoms with E-state index < -0.39 is 0 Å². The normalized spacial score (nSPS) is 14.7. The Bertz CT molecular complexity index is 1080. The Morgan fingerprint density at radius 1 is 1.31 bits per heavy atom. The lowest BCUT2D eigenvalue weighted by molar-refractivity contribution is 0.444. The highest BCUT2D eigenvalue weighted by molar-refractivity contribution is 6.11. The van der Waals surface area contributed by atoms with Gasteiger partial charge in [0.1, 0.15) is 5.82 Å². The van der Waals surface area contributed by atoms with E-state index in [-0.39, 0.29) is 0 Å². The molecule has 0 bridgehead atoms. The van der Waals surface area contributed by atoms with E-state index in [0.29, 0.717) is 6.04 Å². The van der Waals surface area contributed by atoms with Crippen molar-refractivity contribution in [3.05, 3.63) is 72.5 Å². The number of nitrogens with zero attached hydrogens (tertiary/aromatic N) is 3. The standard InChI is InChI=1S/C28H32N4/c1-6-11-24(19-29-4)26-16-17-27(31-28(26)30-25-14-10-15-25)23-13-9-12-22(18-23)21(7-2)20-32(5)8-3/h3,7,9,11-13,16-20,25H,2,6,10,14-15H2,1,4-5H3,(H,30,31)/b21-20+,24-11+,29-19-. The van der Waals surface area contributed by atoms with Gasteiger partial charge >= 0.3 is 0 Å². The maximum atomic E-state index is 5.49. The summed E-state index contributed by atoms with van der Waals surface area (Å²) in [7, 11) is 3.64. The van der Waals surface area contributed by atoms with Crippen molar-refractivity contribution in [2.24, 2.45) is 4.99 Å². The predicted octanol–water partition coefficient (Wildman–Crippen LogP) is 6.26. The van der Waals surface area contributed by atoms with E-state index in [1.807, 2.05) is 31.6 Å². The smallest absolute Gasteiger partial charge is 0.134 e. The van der Waals surface area contributed by atoms with E-state index in [1.165, 1.54) is 19.3 Å². The molecule has 2 aromatic rings. The summed E-state index contributed by atoms with van der Waals surface area (Å²) in [5, 5.41) is 3.67.